The van der Waals surface area contributed by atoms with E-state index >= 15 is 0 Å². The molecule has 0 radical (unpaired) electrons. The summed E-state index contributed by atoms with van der Waals surface area (Å²) >= 11 is 0. The molecule has 4 nitrogen and oxygen atoms in total. The molecule has 0 spiro atoms. The van der Waals surface area contributed by atoms with E-state index in [1.165, 1.54) is 0 Å². The lowest BCUT2D eigenvalue weighted by molar-refractivity contribution is 0.0743. The molecular weight excluding hydrogens is 250 g/mol. The Morgan fingerprint density at radius 3 is 3.05 bits per heavy atom. The van der Waals surface area contributed by atoms with Gasteiger partial charge in [-0.3, -0.25) is 9.78 Å². The van der Waals surface area contributed by atoms with Crippen LogP contribution in [0.3, 0.4) is 0 Å². The summed E-state index contributed by atoms with van der Waals surface area (Å²) in [6.45, 7) is 3.51. The number of fused-ring (bicyclic) bond motifs is 1. The molecule has 2 aromatic rings. The summed E-state index contributed by atoms with van der Waals surface area (Å²) in [6, 6.07) is 9.83. The second-order valence-corrected chi connectivity index (χ2v) is 5.55. The van der Waals surface area contributed by atoms with Crippen molar-refractivity contribution in [2.75, 3.05) is 13.1 Å². The van der Waals surface area contributed by atoms with E-state index in [2.05, 4.69) is 11.9 Å². The van der Waals surface area contributed by atoms with Gasteiger partial charge in [-0.1, -0.05) is 6.07 Å². The molecule has 3 rings (SSSR count). The van der Waals surface area contributed by atoms with Gasteiger partial charge in [-0.15, -0.1) is 0 Å². The van der Waals surface area contributed by atoms with Crippen LogP contribution in [0.15, 0.2) is 36.5 Å². The minimum atomic E-state index is 0.0965. The molecule has 1 aromatic heterocycles. The highest BCUT2D eigenvalue weighted by molar-refractivity contribution is 5.98. The zero-order valence-electron chi connectivity index (χ0n) is 11.6. The van der Waals surface area contributed by atoms with Gasteiger partial charge in [-0.25, -0.2) is 0 Å². The van der Waals surface area contributed by atoms with Crippen molar-refractivity contribution in [1.29, 1.82) is 0 Å². The summed E-state index contributed by atoms with van der Waals surface area (Å²) in [5.74, 6) is 0.523. The van der Waals surface area contributed by atoms with Crippen LogP contribution in [-0.2, 0) is 0 Å². The standard InChI is InChI=1S/C16H19N3O/c1-11-7-12(9-17)10-19(11)16(20)14-4-5-15-13(8-14)3-2-6-18-15/h2-6,8,11-12H,7,9-10,17H2,1H3. The van der Waals surface area contributed by atoms with Crippen molar-refractivity contribution in [3.05, 3.63) is 42.1 Å². The lowest BCUT2D eigenvalue weighted by Crippen LogP contribution is -2.34. The quantitative estimate of drug-likeness (QED) is 0.907. The number of nitrogens with two attached hydrogens (primary N) is 1. The molecule has 1 aliphatic heterocycles. The van der Waals surface area contributed by atoms with Crippen molar-refractivity contribution in [2.45, 2.75) is 19.4 Å². The number of carbonyl (C=O) groups is 1. The molecule has 2 heterocycles. The highest BCUT2D eigenvalue weighted by Crippen LogP contribution is 2.25. The maximum Gasteiger partial charge on any atom is 0.254 e. The van der Waals surface area contributed by atoms with E-state index < -0.39 is 0 Å². The molecule has 104 valence electrons. The number of hydrogen-bond donors (Lipinski definition) is 1. The first kappa shape index (κ1) is 13.1. The Kier molecular flexibility index (Phi) is 3.40. The third kappa shape index (κ3) is 2.27. The van der Waals surface area contributed by atoms with E-state index in [-0.39, 0.29) is 11.9 Å². The summed E-state index contributed by atoms with van der Waals surface area (Å²) in [5, 5.41) is 1.00. The van der Waals surface area contributed by atoms with Crippen LogP contribution in [0.4, 0.5) is 0 Å². The monoisotopic (exact) mass is 269 g/mol. The number of rotatable bonds is 2. The molecule has 0 saturated carbocycles. The number of aromatic nitrogens is 1. The molecule has 4 heteroatoms. The van der Waals surface area contributed by atoms with Gasteiger partial charge in [-0.2, -0.15) is 0 Å². The zero-order chi connectivity index (χ0) is 14.1. The minimum absolute atomic E-state index is 0.0965. The molecule has 20 heavy (non-hydrogen) atoms. The van der Waals surface area contributed by atoms with E-state index in [0.717, 1.165) is 29.4 Å². The Morgan fingerprint density at radius 2 is 2.30 bits per heavy atom. The van der Waals surface area contributed by atoms with Crippen molar-refractivity contribution >= 4 is 16.8 Å². The van der Waals surface area contributed by atoms with Crippen LogP contribution in [0.5, 0.6) is 0 Å². The van der Waals surface area contributed by atoms with Crippen LogP contribution in [0.25, 0.3) is 10.9 Å². The van der Waals surface area contributed by atoms with E-state index in [4.69, 9.17) is 5.73 Å². The van der Waals surface area contributed by atoms with Crippen LogP contribution in [-0.4, -0.2) is 34.9 Å². The fraction of sp³-hybridized carbons (Fsp3) is 0.375. The molecule has 1 aliphatic rings. The maximum absolute atomic E-state index is 12.6. The van der Waals surface area contributed by atoms with Gasteiger partial charge >= 0.3 is 0 Å². The van der Waals surface area contributed by atoms with Gasteiger partial charge in [0, 0.05) is 29.7 Å². The van der Waals surface area contributed by atoms with Gasteiger partial charge in [0.2, 0.25) is 0 Å². The summed E-state index contributed by atoms with van der Waals surface area (Å²) in [7, 11) is 0. The van der Waals surface area contributed by atoms with E-state index in [1.54, 1.807) is 6.20 Å². The van der Waals surface area contributed by atoms with Gasteiger partial charge in [0.1, 0.15) is 0 Å². The number of carbonyl (C=O) groups excluding carboxylic acids is 1. The molecule has 1 saturated heterocycles. The van der Waals surface area contributed by atoms with Gasteiger partial charge in [-0.05, 0) is 50.1 Å². The number of likely N-dealkylation sites (tertiary alicyclic amines) is 1. The highest BCUT2D eigenvalue weighted by Gasteiger charge is 2.32. The van der Waals surface area contributed by atoms with Crippen molar-refractivity contribution in [3.63, 3.8) is 0 Å². The third-order valence-electron chi connectivity index (χ3n) is 4.11. The van der Waals surface area contributed by atoms with Gasteiger partial charge in [0.05, 0.1) is 5.52 Å². The Bertz CT molecular complexity index is 640. The Hall–Kier alpha value is -1.94. The SMILES string of the molecule is CC1CC(CN)CN1C(=O)c1ccc2ncccc2c1. The smallest absolute Gasteiger partial charge is 0.254 e. The molecule has 1 fully saturated rings. The second-order valence-electron chi connectivity index (χ2n) is 5.55. The number of pyridine rings is 1. The molecule has 1 amide bonds. The normalized spacial score (nSPS) is 22.4. The number of nitrogens with zero attached hydrogens (tertiary/aromatic N) is 2. The number of amides is 1. The maximum atomic E-state index is 12.6. The predicted molar refractivity (Wildman–Crippen MR) is 79.4 cm³/mol. The van der Waals surface area contributed by atoms with Crippen molar-refractivity contribution in [3.8, 4) is 0 Å². The summed E-state index contributed by atoms with van der Waals surface area (Å²) in [5.41, 5.74) is 7.37. The van der Waals surface area contributed by atoms with Gasteiger partial charge in [0.15, 0.2) is 0 Å². The molecular formula is C16H19N3O. The average Bonchev–Trinajstić information content (AvgIpc) is 2.87. The zero-order valence-corrected chi connectivity index (χ0v) is 11.6. The number of benzene rings is 1. The molecule has 2 atom stereocenters. The molecule has 1 aromatic carbocycles. The molecule has 0 aliphatic carbocycles. The van der Waals surface area contributed by atoms with Gasteiger partial charge < -0.3 is 10.6 Å². The first-order valence-electron chi connectivity index (χ1n) is 7.05. The Labute approximate surface area is 118 Å². The largest absolute Gasteiger partial charge is 0.336 e. The minimum Gasteiger partial charge on any atom is -0.336 e. The highest BCUT2D eigenvalue weighted by atomic mass is 16.2. The fourth-order valence-corrected chi connectivity index (χ4v) is 2.97. The fourth-order valence-electron chi connectivity index (χ4n) is 2.97. The predicted octanol–water partition coefficient (Wildman–Crippen LogP) is 2.04. The van der Waals surface area contributed by atoms with Crippen molar-refractivity contribution in [2.24, 2.45) is 11.7 Å². The van der Waals surface area contributed by atoms with Crippen LogP contribution < -0.4 is 5.73 Å². The van der Waals surface area contributed by atoms with Crippen LogP contribution >= 0.6 is 0 Å². The average molecular weight is 269 g/mol. The first-order chi connectivity index (χ1) is 9.69. The lowest BCUT2D eigenvalue weighted by atomic mass is 10.1. The van der Waals surface area contributed by atoms with Crippen LogP contribution in [0, 0.1) is 5.92 Å². The van der Waals surface area contributed by atoms with Gasteiger partial charge in [0.25, 0.3) is 5.91 Å². The Balaban J connectivity index is 1.89. The van der Waals surface area contributed by atoms with E-state index in [9.17, 15) is 4.79 Å². The Morgan fingerprint density at radius 1 is 1.45 bits per heavy atom. The summed E-state index contributed by atoms with van der Waals surface area (Å²) in [6.07, 6.45) is 2.76. The second kappa shape index (κ2) is 5.21. The summed E-state index contributed by atoms with van der Waals surface area (Å²) < 4.78 is 0. The van der Waals surface area contributed by atoms with E-state index in [0.29, 0.717) is 12.5 Å². The molecule has 2 N–H and O–H groups in total. The van der Waals surface area contributed by atoms with E-state index in [1.807, 2.05) is 35.2 Å². The number of hydrogen-bond acceptors (Lipinski definition) is 3. The van der Waals surface area contributed by atoms with Crippen LogP contribution in [0.1, 0.15) is 23.7 Å². The third-order valence-corrected chi connectivity index (χ3v) is 4.11. The lowest BCUT2D eigenvalue weighted by Gasteiger charge is -2.21. The van der Waals surface area contributed by atoms with Crippen molar-refractivity contribution < 1.29 is 4.79 Å². The first-order valence-corrected chi connectivity index (χ1v) is 7.05. The van der Waals surface area contributed by atoms with Crippen LogP contribution in [0.2, 0.25) is 0 Å². The molecule has 2 unspecified atom stereocenters. The topological polar surface area (TPSA) is 59.2 Å². The van der Waals surface area contributed by atoms with Crippen molar-refractivity contribution in [1.82, 2.24) is 9.88 Å². The summed E-state index contributed by atoms with van der Waals surface area (Å²) in [4.78, 5) is 18.8. The molecule has 0 bridgehead atoms.